The molecular formula is C13H24N2O3. The van der Waals surface area contributed by atoms with Crippen molar-refractivity contribution in [2.75, 3.05) is 13.1 Å². The number of rotatable bonds is 4. The van der Waals surface area contributed by atoms with Crippen LogP contribution in [-0.2, 0) is 4.79 Å². The fourth-order valence-electron chi connectivity index (χ4n) is 2.30. The minimum Gasteiger partial charge on any atom is -0.481 e. The highest BCUT2D eigenvalue weighted by atomic mass is 16.4. The van der Waals surface area contributed by atoms with E-state index in [9.17, 15) is 14.7 Å². The smallest absolute Gasteiger partial charge is 0.317 e. The van der Waals surface area contributed by atoms with Gasteiger partial charge in [-0.2, -0.15) is 0 Å². The van der Waals surface area contributed by atoms with Crippen molar-refractivity contribution < 1.29 is 14.7 Å². The third-order valence-corrected chi connectivity index (χ3v) is 4.10. The molecule has 5 heteroatoms. The summed E-state index contributed by atoms with van der Waals surface area (Å²) in [6.07, 6.45) is 1.40. The molecule has 1 fully saturated rings. The molecule has 1 heterocycles. The van der Waals surface area contributed by atoms with Crippen LogP contribution in [0.5, 0.6) is 0 Å². The van der Waals surface area contributed by atoms with Crippen LogP contribution in [0, 0.1) is 11.3 Å². The molecule has 0 aliphatic carbocycles. The molecule has 1 aliphatic rings. The Kier molecular flexibility index (Phi) is 4.59. The van der Waals surface area contributed by atoms with Gasteiger partial charge in [-0.1, -0.05) is 20.8 Å². The molecule has 18 heavy (non-hydrogen) atoms. The number of hydrogen-bond donors (Lipinski definition) is 2. The third-order valence-electron chi connectivity index (χ3n) is 4.10. The van der Waals surface area contributed by atoms with Crippen molar-refractivity contribution >= 4 is 12.0 Å². The second-order valence-electron chi connectivity index (χ2n) is 5.55. The number of carbonyl (C=O) groups excluding carboxylic acids is 1. The number of likely N-dealkylation sites (tertiary alicyclic amines) is 1. The van der Waals surface area contributed by atoms with Crippen molar-refractivity contribution in [3.8, 4) is 0 Å². The molecule has 2 N–H and O–H groups in total. The van der Waals surface area contributed by atoms with E-state index in [1.807, 2.05) is 27.7 Å². The maximum Gasteiger partial charge on any atom is 0.317 e. The van der Waals surface area contributed by atoms with Crippen LogP contribution >= 0.6 is 0 Å². The lowest BCUT2D eigenvalue weighted by molar-refractivity contribution is -0.150. The number of hydrogen-bond acceptors (Lipinski definition) is 2. The minimum atomic E-state index is -0.795. The molecule has 0 radical (unpaired) electrons. The normalized spacial score (nSPS) is 25.3. The van der Waals surface area contributed by atoms with Crippen molar-refractivity contribution in [1.82, 2.24) is 10.2 Å². The van der Waals surface area contributed by atoms with Gasteiger partial charge in [0.1, 0.15) is 0 Å². The van der Waals surface area contributed by atoms with Crippen molar-refractivity contribution in [2.24, 2.45) is 11.3 Å². The third kappa shape index (κ3) is 2.76. The van der Waals surface area contributed by atoms with Crippen molar-refractivity contribution in [1.29, 1.82) is 0 Å². The molecule has 0 bridgehead atoms. The van der Waals surface area contributed by atoms with E-state index in [0.717, 1.165) is 6.42 Å². The zero-order valence-electron chi connectivity index (χ0n) is 11.7. The lowest BCUT2D eigenvalue weighted by atomic mass is 9.76. The molecule has 2 amide bonds. The van der Waals surface area contributed by atoms with Crippen LogP contribution in [0.2, 0.25) is 0 Å². The SMILES string of the molecule is CCC(C)NC(=O)N1CCC(C(=O)O)(C(C)C)C1. The summed E-state index contributed by atoms with van der Waals surface area (Å²) in [4.78, 5) is 25.0. The molecule has 1 saturated heterocycles. The van der Waals surface area contributed by atoms with E-state index in [0.29, 0.717) is 19.5 Å². The van der Waals surface area contributed by atoms with Gasteiger partial charge in [0.25, 0.3) is 0 Å². The summed E-state index contributed by atoms with van der Waals surface area (Å²) in [6.45, 7) is 8.59. The topological polar surface area (TPSA) is 69.6 Å². The zero-order valence-corrected chi connectivity index (χ0v) is 11.7. The highest BCUT2D eigenvalue weighted by Crippen LogP contribution is 2.38. The predicted octanol–water partition coefficient (Wildman–Crippen LogP) is 1.93. The Balaban J connectivity index is 2.70. The van der Waals surface area contributed by atoms with Crippen LogP contribution in [-0.4, -0.2) is 41.1 Å². The summed E-state index contributed by atoms with van der Waals surface area (Å²) in [5.41, 5.74) is -0.785. The monoisotopic (exact) mass is 256 g/mol. The van der Waals surface area contributed by atoms with Gasteiger partial charge in [0.15, 0.2) is 0 Å². The highest BCUT2D eigenvalue weighted by molar-refractivity contribution is 5.80. The van der Waals surface area contributed by atoms with Crippen LogP contribution in [0.25, 0.3) is 0 Å². The average molecular weight is 256 g/mol. The van der Waals surface area contributed by atoms with Gasteiger partial charge < -0.3 is 15.3 Å². The standard InChI is InChI=1S/C13H24N2O3/c1-5-10(4)14-12(18)15-7-6-13(8-15,9(2)3)11(16)17/h9-10H,5-8H2,1-4H3,(H,14,18)(H,16,17). The van der Waals surface area contributed by atoms with Crippen LogP contribution in [0.15, 0.2) is 0 Å². The molecule has 1 rings (SSSR count). The second kappa shape index (κ2) is 5.59. The Morgan fingerprint density at radius 3 is 2.39 bits per heavy atom. The first-order chi connectivity index (χ1) is 8.33. The Bertz CT molecular complexity index is 330. The molecule has 2 unspecified atom stereocenters. The van der Waals surface area contributed by atoms with Gasteiger partial charge in [-0.3, -0.25) is 4.79 Å². The average Bonchev–Trinajstić information content (AvgIpc) is 2.74. The van der Waals surface area contributed by atoms with Crippen molar-refractivity contribution in [3.63, 3.8) is 0 Å². The fourth-order valence-corrected chi connectivity index (χ4v) is 2.30. The number of urea groups is 1. The van der Waals surface area contributed by atoms with Crippen LogP contribution in [0.1, 0.15) is 40.5 Å². The summed E-state index contributed by atoms with van der Waals surface area (Å²) in [6, 6.07) is -0.0236. The lowest BCUT2D eigenvalue weighted by Crippen LogP contribution is -2.45. The fraction of sp³-hybridized carbons (Fsp3) is 0.846. The van der Waals surface area contributed by atoms with E-state index < -0.39 is 11.4 Å². The molecule has 0 aromatic rings. The number of nitrogens with one attached hydrogen (secondary N) is 1. The maximum atomic E-state index is 12.0. The Hall–Kier alpha value is -1.26. The molecular weight excluding hydrogens is 232 g/mol. The Morgan fingerprint density at radius 1 is 1.39 bits per heavy atom. The van der Waals surface area contributed by atoms with E-state index in [4.69, 9.17) is 0 Å². The van der Waals surface area contributed by atoms with Crippen LogP contribution in [0.3, 0.4) is 0 Å². The summed E-state index contributed by atoms with van der Waals surface area (Å²) in [7, 11) is 0. The lowest BCUT2D eigenvalue weighted by Gasteiger charge is -2.29. The van der Waals surface area contributed by atoms with E-state index >= 15 is 0 Å². The number of aliphatic carboxylic acids is 1. The van der Waals surface area contributed by atoms with Gasteiger partial charge in [-0.25, -0.2) is 4.79 Å². The molecule has 104 valence electrons. The molecule has 2 atom stereocenters. The number of nitrogens with zero attached hydrogens (tertiary/aromatic N) is 1. The van der Waals surface area contributed by atoms with Gasteiger partial charge in [-0.05, 0) is 25.7 Å². The van der Waals surface area contributed by atoms with Gasteiger partial charge in [0.05, 0.1) is 5.41 Å². The first kappa shape index (κ1) is 14.8. The first-order valence-corrected chi connectivity index (χ1v) is 6.62. The van der Waals surface area contributed by atoms with Crippen molar-refractivity contribution in [2.45, 2.75) is 46.6 Å². The minimum absolute atomic E-state index is 0.0244. The summed E-state index contributed by atoms with van der Waals surface area (Å²) in [5.74, 6) is -0.771. The Morgan fingerprint density at radius 2 is 2.00 bits per heavy atom. The van der Waals surface area contributed by atoms with Crippen LogP contribution in [0.4, 0.5) is 4.79 Å². The van der Waals surface area contributed by atoms with Gasteiger partial charge in [0.2, 0.25) is 0 Å². The van der Waals surface area contributed by atoms with E-state index in [1.165, 1.54) is 0 Å². The largest absolute Gasteiger partial charge is 0.481 e. The number of carboxylic acids is 1. The van der Waals surface area contributed by atoms with Crippen LogP contribution < -0.4 is 5.32 Å². The second-order valence-corrected chi connectivity index (χ2v) is 5.55. The maximum absolute atomic E-state index is 12.0. The number of carbonyl (C=O) groups is 2. The molecule has 0 saturated carbocycles. The van der Waals surface area contributed by atoms with Gasteiger partial charge in [0, 0.05) is 19.1 Å². The number of carboxylic acid groups (broad SMARTS) is 1. The summed E-state index contributed by atoms with van der Waals surface area (Å²) in [5, 5.41) is 12.3. The predicted molar refractivity (Wildman–Crippen MR) is 69.4 cm³/mol. The van der Waals surface area contributed by atoms with E-state index in [2.05, 4.69) is 5.32 Å². The molecule has 5 nitrogen and oxygen atoms in total. The number of amides is 2. The highest BCUT2D eigenvalue weighted by Gasteiger charge is 2.48. The molecule has 0 aromatic carbocycles. The molecule has 1 aliphatic heterocycles. The van der Waals surface area contributed by atoms with Gasteiger partial charge in [-0.15, -0.1) is 0 Å². The van der Waals surface area contributed by atoms with E-state index in [1.54, 1.807) is 4.90 Å². The summed E-state index contributed by atoms with van der Waals surface area (Å²) >= 11 is 0. The Labute approximate surface area is 109 Å². The van der Waals surface area contributed by atoms with Crippen molar-refractivity contribution in [3.05, 3.63) is 0 Å². The molecule has 0 aromatic heterocycles. The molecule has 0 spiro atoms. The van der Waals surface area contributed by atoms with E-state index in [-0.39, 0.29) is 18.0 Å². The summed E-state index contributed by atoms with van der Waals surface area (Å²) < 4.78 is 0. The van der Waals surface area contributed by atoms with Gasteiger partial charge >= 0.3 is 12.0 Å². The first-order valence-electron chi connectivity index (χ1n) is 6.62. The zero-order chi connectivity index (χ0) is 13.9. The quantitative estimate of drug-likeness (QED) is 0.807.